The predicted molar refractivity (Wildman–Crippen MR) is 111 cm³/mol. The van der Waals surface area contributed by atoms with E-state index < -0.39 is 15.8 Å². The fraction of sp³-hybridized carbons (Fsp3) is 0.350. The molecule has 2 N–H and O–H groups in total. The Bertz CT molecular complexity index is 1020. The lowest BCUT2D eigenvalue weighted by molar-refractivity contribution is 0.0526. The molecule has 8 heteroatoms. The molecule has 0 amide bonds. The third kappa shape index (κ3) is 3.93. The number of benzene rings is 1. The number of allylic oxidation sites excluding steroid dienone is 1. The number of hydrogen-bond donors (Lipinski definition) is 1. The summed E-state index contributed by atoms with van der Waals surface area (Å²) in [4.78, 5) is 15.6. The minimum atomic E-state index is -3.66. The third-order valence-electron chi connectivity index (χ3n) is 4.69. The Morgan fingerprint density at radius 2 is 1.96 bits per heavy atom. The highest BCUT2D eigenvalue weighted by Crippen LogP contribution is 2.36. The first-order chi connectivity index (χ1) is 13.2. The first kappa shape index (κ1) is 20.4. The maximum absolute atomic E-state index is 13.2. The normalized spacial score (nSPS) is 16.5. The highest BCUT2D eigenvalue weighted by atomic mass is 32.2. The van der Waals surface area contributed by atoms with E-state index in [0.29, 0.717) is 23.5 Å². The summed E-state index contributed by atoms with van der Waals surface area (Å²) in [6, 6.07) is 6.82. The van der Waals surface area contributed by atoms with Gasteiger partial charge in [-0.1, -0.05) is 17.7 Å². The lowest BCUT2D eigenvalue weighted by Crippen LogP contribution is -2.22. The number of carbonyl (C=O) groups excluding carboxylic acids is 1. The third-order valence-corrected chi connectivity index (χ3v) is 7.58. The summed E-state index contributed by atoms with van der Waals surface area (Å²) < 4.78 is 31.6. The second-order valence-corrected chi connectivity index (χ2v) is 9.92. The predicted octanol–water partition coefficient (Wildman–Crippen LogP) is 3.16. The summed E-state index contributed by atoms with van der Waals surface area (Å²) in [5, 5.41) is 0.375. The minimum Gasteiger partial charge on any atom is -0.462 e. The zero-order valence-electron chi connectivity index (χ0n) is 16.2. The van der Waals surface area contributed by atoms with Crippen LogP contribution in [-0.4, -0.2) is 39.5 Å². The summed E-state index contributed by atoms with van der Waals surface area (Å²) in [7, 11) is -1.83. The Kier molecular flexibility index (Phi) is 5.81. The number of hydrogen-bond acceptors (Lipinski definition) is 7. The largest absolute Gasteiger partial charge is 0.462 e. The number of fused-ring (bicyclic) bond motifs is 1. The second kappa shape index (κ2) is 7.97. The Labute approximate surface area is 169 Å². The SMILES string of the molecule is CCOC(=O)c1c(N)sc2c1CCN(C)/C=C(/S(=O)(=O)c1ccc(C)cc1)C2. The van der Waals surface area contributed by atoms with Gasteiger partial charge < -0.3 is 15.4 Å². The van der Waals surface area contributed by atoms with E-state index >= 15 is 0 Å². The molecule has 2 heterocycles. The van der Waals surface area contributed by atoms with Gasteiger partial charge in [-0.15, -0.1) is 11.3 Å². The standard InChI is InChI=1S/C20H24N2O4S2/c1-4-26-20(23)18-16-9-10-22(3)12-15(11-17(16)27-19(18)21)28(24,25)14-7-5-13(2)6-8-14/h5-8,12H,4,9-11,21H2,1-3H3/b15-12+. The number of ether oxygens (including phenoxy) is 1. The van der Waals surface area contributed by atoms with Crippen molar-refractivity contribution in [3.05, 3.63) is 56.9 Å². The van der Waals surface area contributed by atoms with Crippen LogP contribution in [0.2, 0.25) is 0 Å². The van der Waals surface area contributed by atoms with Crippen LogP contribution in [-0.2, 0) is 27.4 Å². The van der Waals surface area contributed by atoms with Gasteiger partial charge in [0.25, 0.3) is 0 Å². The first-order valence-electron chi connectivity index (χ1n) is 9.03. The van der Waals surface area contributed by atoms with Crippen LogP contribution in [0.4, 0.5) is 5.00 Å². The summed E-state index contributed by atoms with van der Waals surface area (Å²) >= 11 is 1.27. The molecule has 3 rings (SSSR count). The molecule has 0 bridgehead atoms. The van der Waals surface area contributed by atoms with Crippen LogP contribution < -0.4 is 5.73 Å². The molecular formula is C20H24N2O4S2. The van der Waals surface area contributed by atoms with Gasteiger partial charge in [0.1, 0.15) is 5.00 Å². The molecule has 28 heavy (non-hydrogen) atoms. The number of thiophene rings is 1. The zero-order chi connectivity index (χ0) is 20.5. The molecule has 2 aromatic rings. The average Bonchev–Trinajstić information content (AvgIpc) is 2.93. The number of rotatable bonds is 4. The van der Waals surface area contributed by atoms with E-state index in [1.54, 1.807) is 37.4 Å². The first-order valence-corrected chi connectivity index (χ1v) is 11.3. The number of nitrogens with zero attached hydrogens (tertiary/aromatic N) is 1. The fourth-order valence-corrected chi connectivity index (χ4v) is 5.87. The monoisotopic (exact) mass is 420 g/mol. The average molecular weight is 421 g/mol. The smallest absolute Gasteiger partial charge is 0.341 e. The lowest BCUT2D eigenvalue weighted by atomic mass is 10.0. The van der Waals surface area contributed by atoms with Gasteiger partial charge in [-0.3, -0.25) is 0 Å². The molecule has 150 valence electrons. The van der Waals surface area contributed by atoms with Gasteiger partial charge in [-0.2, -0.15) is 0 Å². The summed E-state index contributed by atoms with van der Waals surface area (Å²) in [5.41, 5.74) is 8.27. The van der Waals surface area contributed by atoms with Gasteiger partial charge in [-0.05, 0) is 38.0 Å². The van der Waals surface area contributed by atoms with E-state index in [2.05, 4.69) is 0 Å². The number of nitrogen functional groups attached to an aromatic ring is 1. The topological polar surface area (TPSA) is 89.7 Å². The highest BCUT2D eigenvalue weighted by Gasteiger charge is 2.29. The zero-order valence-corrected chi connectivity index (χ0v) is 17.8. The van der Waals surface area contributed by atoms with Gasteiger partial charge in [-0.25, -0.2) is 13.2 Å². The number of nitrogens with two attached hydrogens (primary N) is 1. The van der Waals surface area contributed by atoms with Crippen molar-refractivity contribution < 1.29 is 17.9 Å². The van der Waals surface area contributed by atoms with Crippen molar-refractivity contribution in [3.63, 3.8) is 0 Å². The molecule has 1 aromatic heterocycles. The molecule has 6 nitrogen and oxygen atoms in total. The van der Waals surface area contributed by atoms with Crippen molar-refractivity contribution in [2.24, 2.45) is 0 Å². The maximum Gasteiger partial charge on any atom is 0.341 e. The number of anilines is 1. The van der Waals surface area contributed by atoms with E-state index in [9.17, 15) is 13.2 Å². The van der Waals surface area contributed by atoms with Crippen LogP contribution >= 0.6 is 11.3 Å². The number of carbonyl (C=O) groups is 1. The summed E-state index contributed by atoms with van der Waals surface area (Å²) in [5.74, 6) is -0.451. The van der Waals surface area contributed by atoms with Crippen LogP contribution in [0, 0.1) is 6.92 Å². The Hall–Kier alpha value is -2.32. The van der Waals surface area contributed by atoms with Crippen LogP contribution in [0.1, 0.15) is 33.3 Å². The Morgan fingerprint density at radius 3 is 2.61 bits per heavy atom. The van der Waals surface area contributed by atoms with Crippen LogP contribution in [0.25, 0.3) is 0 Å². The van der Waals surface area contributed by atoms with Crippen LogP contribution in [0.3, 0.4) is 0 Å². The van der Waals surface area contributed by atoms with E-state index in [4.69, 9.17) is 10.5 Å². The fourth-order valence-electron chi connectivity index (χ4n) is 3.20. The molecule has 1 aromatic carbocycles. The lowest BCUT2D eigenvalue weighted by Gasteiger charge is -2.21. The number of aryl methyl sites for hydroxylation is 1. The second-order valence-electron chi connectivity index (χ2n) is 6.78. The van der Waals surface area contributed by atoms with Crippen molar-refractivity contribution >= 4 is 32.1 Å². The molecule has 0 radical (unpaired) electrons. The van der Waals surface area contributed by atoms with Crippen molar-refractivity contribution in [2.75, 3.05) is 25.9 Å². The molecule has 0 aliphatic carbocycles. The van der Waals surface area contributed by atoms with E-state index in [1.165, 1.54) is 11.3 Å². The van der Waals surface area contributed by atoms with E-state index in [1.807, 2.05) is 18.9 Å². The Balaban J connectivity index is 2.06. The van der Waals surface area contributed by atoms with E-state index in [0.717, 1.165) is 16.0 Å². The van der Waals surface area contributed by atoms with Gasteiger partial charge >= 0.3 is 5.97 Å². The van der Waals surface area contributed by atoms with Gasteiger partial charge in [0.2, 0.25) is 9.84 Å². The summed E-state index contributed by atoms with van der Waals surface area (Å²) in [6.07, 6.45) is 2.48. The molecule has 0 saturated heterocycles. The number of likely N-dealkylation sites (N-methyl/N-ethyl adjacent to an activating group) is 1. The van der Waals surface area contributed by atoms with E-state index in [-0.39, 0.29) is 22.8 Å². The number of esters is 1. The molecule has 1 aliphatic heterocycles. The molecule has 0 saturated carbocycles. The highest BCUT2D eigenvalue weighted by molar-refractivity contribution is 7.95. The molecule has 1 aliphatic rings. The van der Waals surface area contributed by atoms with Crippen molar-refractivity contribution in [3.8, 4) is 0 Å². The maximum atomic E-state index is 13.2. The van der Waals surface area contributed by atoms with Crippen molar-refractivity contribution in [1.82, 2.24) is 4.90 Å². The quantitative estimate of drug-likeness (QED) is 0.764. The van der Waals surface area contributed by atoms with Gasteiger partial charge in [0.15, 0.2) is 0 Å². The van der Waals surface area contributed by atoms with Gasteiger partial charge in [0, 0.05) is 31.1 Å². The van der Waals surface area contributed by atoms with Crippen LogP contribution in [0.15, 0.2) is 40.3 Å². The molecule has 0 unspecified atom stereocenters. The van der Waals surface area contributed by atoms with Crippen molar-refractivity contribution in [1.29, 1.82) is 0 Å². The molecule has 0 atom stereocenters. The summed E-state index contributed by atoms with van der Waals surface area (Å²) in [6.45, 7) is 4.49. The molecule has 0 spiro atoms. The molecule has 0 fully saturated rings. The molecular weight excluding hydrogens is 396 g/mol. The van der Waals surface area contributed by atoms with Gasteiger partial charge in [0.05, 0.1) is 22.0 Å². The minimum absolute atomic E-state index is 0.199. The van der Waals surface area contributed by atoms with Crippen molar-refractivity contribution in [2.45, 2.75) is 31.6 Å². The number of sulfone groups is 1. The Morgan fingerprint density at radius 1 is 1.29 bits per heavy atom. The van der Waals surface area contributed by atoms with Crippen LogP contribution in [0.5, 0.6) is 0 Å².